The summed E-state index contributed by atoms with van der Waals surface area (Å²) in [4.78, 5) is 13.3. The fraction of sp³-hybridized carbons (Fsp3) is 0.533. The van der Waals surface area contributed by atoms with E-state index in [-0.39, 0.29) is 24.9 Å². The minimum absolute atomic E-state index is 0.0805. The van der Waals surface area contributed by atoms with Crippen molar-refractivity contribution in [2.24, 2.45) is 5.73 Å². The van der Waals surface area contributed by atoms with Crippen molar-refractivity contribution in [3.8, 4) is 0 Å². The third-order valence-corrected chi connectivity index (χ3v) is 3.77. The maximum Gasteiger partial charge on any atom is 0.408 e. The lowest BCUT2D eigenvalue weighted by molar-refractivity contribution is -0.184. The van der Waals surface area contributed by atoms with Crippen molar-refractivity contribution in [2.45, 2.75) is 37.7 Å². The predicted molar refractivity (Wildman–Crippen MR) is 75.2 cm³/mol. The third kappa shape index (κ3) is 3.78. The van der Waals surface area contributed by atoms with E-state index in [1.54, 1.807) is 19.2 Å². The molecule has 1 aliphatic heterocycles. The van der Waals surface area contributed by atoms with Crippen LogP contribution in [-0.2, 0) is 11.3 Å². The molecule has 4 nitrogen and oxygen atoms in total. The summed E-state index contributed by atoms with van der Waals surface area (Å²) in [5, 5.41) is 0. The first kappa shape index (κ1) is 16.8. The second-order valence-electron chi connectivity index (χ2n) is 5.48. The van der Waals surface area contributed by atoms with Crippen LogP contribution in [0, 0.1) is 0 Å². The van der Waals surface area contributed by atoms with Crippen molar-refractivity contribution in [2.75, 3.05) is 13.7 Å². The molecule has 1 amide bonds. The van der Waals surface area contributed by atoms with Gasteiger partial charge in [0.2, 0.25) is 0 Å². The van der Waals surface area contributed by atoms with Gasteiger partial charge in [0.05, 0.1) is 6.61 Å². The maximum atomic E-state index is 13.1. The van der Waals surface area contributed by atoms with Crippen LogP contribution in [0.2, 0.25) is 0 Å². The van der Waals surface area contributed by atoms with Crippen molar-refractivity contribution in [3.63, 3.8) is 0 Å². The van der Waals surface area contributed by atoms with E-state index in [4.69, 9.17) is 10.5 Å². The lowest BCUT2D eigenvalue weighted by Crippen LogP contribution is -2.56. The average Bonchev–Trinajstić information content (AvgIpc) is 2.46. The first-order valence-electron chi connectivity index (χ1n) is 7.04. The molecule has 1 aromatic carbocycles. The summed E-state index contributed by atoms with van der Waals surface area (Å²) in [6.07, 6.45) is -4.33. The zero-order valence-electron chi connectivity index (χ0n) is 12.3. The fourth-order valence-electron chi connectivity index (χ4n) is 2.64. The number of halogens is 3. The SMILES string of the molecule is COCc1ccc(C(=O)N2C[C@H](N)CC[C@H]2C(F)(F)F)cc1. The zero-order chi connectivity index (χ0) is 16.3. The number of nitrogens with two attached hydrogens (primary N) is 1. The van der Waals surface area contributed by atoms with Gasteiger partial charge in [-0.2, -0.15) is 13.2 Å². The van der Waals surface area contributed by atoms with Crippen molar-refractivity contribution >= 4 is 5.91 Å². The molecule has 2 atom stereocenters. The molecule has 1 aromatic rings. The monoisotopic (exact) mass is 316 g/mol. The standard InChI is InChI=1S/C15H19F3N2O2/c1-22-9-10-2-4-11(5-3-10)14(21)20-8-12(19)6-7-13(20)15(16,17)18/h2-5,12-13H,6-9,19H2,1H3/t12-,13+/m1/s1. The topological polar surface area (TPSA) is 55.6 Å². The summed E-state index contributed by atoms with van der Waals surface area (Å²) in [6.45, 7) is 0.303. The largest absolute Gasteiger partial charge is 0.408 e. The minimum atomic E-state index is -4.44. The van der Waals surface area contributed by atoms with E-state index in [9.17, 15) is 18.0 Å². The van der Waals surface area contributed by atoms with E-state index in [1.165, 1.54) is 12.1 Å². The highest BCUT2D eigenvalue weighted by atomic mass is 19.4. The molecule has 0 aromatic heterocycles. The number of rotatable bonds is 3. The van der Waals surface area contributed by atoms with Gasteiger partial charge in [-0.3, -0.25) is 4.79 Å². The van der Waals surface area contributed by atoms with Crippen LogP contribution < -0.4 is 5.73 Å². The van der Waals surface area contributed by atoms with Gasteiger partial charge in [-0.15, -0.1) is 0 Å². The number of likely N-dealkylation sites (tertiary alicyclic amines) is 1. The van der Waals surface area contributed by atoms with Crippen LogP contribution in [0.3, 0.4) is 0 Å². The number of benzene rings is 1. The van der Waals surface area contributed by atoms with Crippen molar-refractivity contribution in [1.82, 2.24) is 4.90 Å². The number of hydrogen-bond donors (Lipinski definition) is 1. The highest BCUT2D eigenvalue weighted by Gasteiger charge is 2.47. The number of carbonyl (C=O) groups excluding carboxylic acids is 1. The Labute approximate surface area is 127 Å². The number of alkyl halides is 3. The molecule has 0 spiro atoms. The highest BCUT2D eigenvalue weighted by Crippen LogP contribution is 2.32. The van der Waals surface area contributed by atoms with Gasteiger partial charge in [-0.25, -0.2) is 0 Å². The van der Waals surface area contributed by atoms with E-state index in [1.807, 2.05) is 0 Å². The van der Waals surface area contributed by atoms with E-state index in [2.05, 4.69) is 0 Å². The number of carbonyl (C=O) groups is 1. The molecule has 0 radical (unpaired) electrons. The number of methoxy groups -OCH3 is 1. The molecular formula is C15H19F3N2O2. The normalized spacial score (nSPS) is 22.7. The average molecular weight is 316 g/mol. The Hall–Kier alpha value is -1.60. The number of ether oxygens (including phenoxy) is 1. The van der Waals surface area contributed by atoms with Gasteiger partial charge >= 0.3 is 6.18 Å². The fourth-order valence-corrected chi connectivity index (χ4v) is 2.64. The van der Waals surface area contributed by atoms with Gasteiger partial charge in [-0.1, -0.05) is 12.1 Å². The Morgan fingerprint density at radius 3 is 2.50 bits per heavy atom. The second-order valence-corrected chi connectivity index (χ2v) is 5.48. The van der Waals surface area contributed by atoms with Crippen LogP contribution in [0.1, 0.15) is 28.8 Å². The van der Waals surface area contributed by atoms with Gasteiger partial charge in [0.25, 0.3) is 5.91 Å². The smallest absolute Gasteiger partial charge is 0.380 e. The van der Waals surface area contributed by atoms with E-state index >= 15 is 0 Å². The van der Waals surface area contributed by atoms with Crippen molar-refractivity contribution < 1.29 is 22.7 Å². The van der Waals surface area contributed by atoms with E-state index in [0.29, 0.717) is 6.61 Å². The van der Waals surface area contributed by atoms with Crippen LogP contribution in [0.4, 0.5) is 13.2 Å². The molecule has 7 heteroatoms. The molecule has 1 fully saturated rings. The molecule has 1 saturated heterocycles. The summed E-state index contributed by atoms with van der Waals surface area (Å²) in [6, 6.07) is 4.19. The van der Waals surface area contributed by atoms with Crippen molar-refractivity contribution in [3.05, 3.63) is 35.4 Å². The van der Waals surface area contributed by atoms with Crippen molar-refractivity contribution in [1.29, 1.82) is 0 Å². The maximum absolute atomic E-state index is 13.1. The number of piperidine rings is 1. The first-order chi connectivity index (χ1) is 10.3. The summed E-state index contributed by atoms with van der Waals surface area (Å²) < 4.78 is 44.3. The van der Waals surface area contributed by atoms with Gasteiger partial charge in [-0.05, 0) is 30.5 Å². The molecule has 1 heterocycles. The van der Waals surface area contributed by atoms with Crippen LogP contribution in [0.5, 0.6) is 0 Å². The summed E-state index contributed by atoms with van der Waals surface area (Å²) in [7, 11) is 1.54. The lowest BCUT2D eigenvalue weighted by Gasteiger charge is -2.39. The van der Waals surface area contributed by atoms with E-state index < -0.39 is 24.2 Å². The minimum Gasteiger partial charge on any atom is -0.380 e. The highest BCUT2D eigenvalue weighted by molar-refractivity contribution is 5.94. The van der Waals surface area contributed by atoms with E-state index in [0.717, 1.165) is 10.5 Å². The second kappa shape index (κ2) is 6.66. The van der Waals surface area contributed by atoms with Gasteiger partial charge < -0.3 is 15.4 Å². The number of amides is 1. The van der Waals surface area contributed by atoms with Crippen LogP contribution in [0.15, 0.2) is 24.3 Å². The Morgan fingerprint density at radius 1 is 1.32 bits per heavy atom. The Balaban J connectivity index is 2.20. The molecular weight excluding hydrogens is 297 g/mol. The molecule has 2 rings (SSSR count). The Morgan fingerprint density at radius 2 is 1.95 bits per heavy atom. The summed E-state index contributed by atoms with van der Waals surface area (Å²) in [5.74, 6) is -0.638. The number of hydrogen-bond acceptors (Lipinski definition) is 3. The first-order valence-corrected chi connectivity index (χ1v) is 7.04. The van der Waals surface area contributed by atoms with Crippen LogP contribution in [-0.4, -0.2) is 42.7 Å². The lowest BCUT2D eigenvalue weighted by atomic mass is 9.97. The van der Waals surface area contributed by atoms with Crippen LogP contribution >= 0.6 is 0 Å². The third-order valence-electron chi connectivity index (χ3n) is 3.77. The molecule has 0 unspecified atom stereocenters. The molecule has 1 aliphatic rings. The molecule has 0 aliphatic carbocycles. The predicted octanol–water partition coefficient (Wildman–Crippen LogP) is 2.33. The quantitative estimate of drug-likeness (QED) is 0.931. The number of nitrogens with zero attached hydrogens (tertiary/aromatic N) is 1. The Kier molecular flexibility index (Phi) is 5.08. The summed E-state index contributed by atoms with van der Waals surface area (Å²) >= 11 is 0. The van der Waals surface area contributed by atoms with Gasteiger partial charge in [0.15, 0.2) is 0 Å². The zero-order valence-corrected chi connectivity index (χ0v) is 12.3. The van der Waals surface area contributed by atoms with Gasteiger partial charge in [0.1, 0.15) is 6.04 Å². The molecule has 0 bridgehead atoms. The van der Waals surface area contributed by atoms with Crippen LogP contribution in [0.25, 0.3) is 0 Å². The molecule has 22 heavy (non-hydrogen) atoms. The summed E-state index contributed by atoms with van der Waals surface area (Å²) in [5.41, 5.74) is 6.81. The van der Waals surface area contributed by atoms with Gasteiger partial charge in [0, 0.05) is 25.3 Å². The molecule has 2 N–H and O–H groups in total. The molecule has 122 valence electrons. The molecule has 0 saturated carbocycles. The Bertz CT molecular complexity index is 517.